The Balaban J connectivity index is 2.22. The van der Waals surface area contributed by atoms with Gasteiger partial charge in [0.1, 0.15) is 5.75 Å². The topological polar surface area (TPSA) is 62.2 Å². The lowest BCUT2D eigenvalue weighted by Crippen LogP contribution is -2.13. The molecular weight excluding hydrogens is 411 g/mol. The number of aromatic nitrogens is 1. The number of rotatable bonds is 2. The van der Waals surface area contributed by atoms with E-state index in [2.05, 4.69) is 48.8 Å². The number of halogens is 2. The highest BCUT2D eigenvalue weighted by molar-refractivity contribution is 14.1. The second kappa shape index (κ2) is 5.66. The number of aromatic hydroxyl groups is 1. The van der Waals surface area contributed by atoms with Crippen LogP contribution in [0.15, 0.2) is 41.0 Å². The molecule has 1 aromatic heterocycles. The van der Waals surface area contributed by atoms with Gasteiger partial charge in [0.25, 0.3) is 5.91 Å². The third-order valence-electron chi connectivity index (χ3n) is 2.18. The van der Waals surface area contributed by atoms with Crippen LogP contribution in [0.2, 0.25) is 0 Å². The van der Waals surface area contributed by atoms with Gasteiger partial charge < -0.3 is 10.4 Å². The van der Waals surface area contributed by atoms with E-state index in [0.29, 0.717) is 5.69 Å². The van der Waals surface area contributed by atoms with Crippen LogP contribution in [0.1, 0.15) is 10.5 Å². The number of hydrogen-bond acceptors (Lipinski definition) is 3. The van der Waals surface area contributed by atoms with E-state index < -0.39 is 5.91 Å². The first-order valence-corrected chi connectivity index (χ1v) is 6.85. The maximum atomic E-state index is 11.9. The molecule has 18 heavy (non-hydrogen) atoms. The van der Waals surface area contributed by atoms with Crippen LogP contribution in [-0.2, 0) is 0 Å². The van der Waals surface area contributed by atoms with Crippen molar-refractivity contribution in [3.05, 3.63) is 50.3 Å². The molecule has 0 aliphatic rings. The van der Waals surface area contributed by atoms with Crippen molar-refractivity contribution in [2.75, 3.05) is 5.32 Å². The first-order chi connectivity index (χ1) is 8.58. The van der Waals surface area contributed by atoms with Crippen molar-refractivity contribution in [1.82, 2.24) is 4.98 Å². The van der Waals surface area contributed by atoms with E-state index in [0.717, 1.165) is 8.04 Å². The fraction of sp³-hybridized carbons (Fsp3) is 0. The van der Waals surface area contributed by atoms with Crippen LogP contribution in [0.25, 0.3) is 0 Å². The fourth-order valence-corrected chi connectivity index (χ4v) is 2.10. The van der Waals surface area contributed by atoms with Crippen molar-refractivity contribution >= 4 is 50.1 Å². The number of anilines is 1. The number of hydrogen-bond donors (Lipinski definition) is 2. The van der Waals surface area contributed by atoms with Gasteiger partial charge in [0.2, 0.25) is 0 Å². The highest BCUT2D eigenvalue weighted by atomic mass is 127. The second-order valence-electron chi connectivity index (χ2n) is 3.45. The Bertz CT molecular complexity index is 604. The van der Waals surface area contributed by atoms with E-state index in [-0.39, 0.29) is 11.4 Å². The average molecular weight is 419 g/mol. The highest BCUT2D eigenvalue weighted by Crippen LogP contribution is 2.23. The smallest absolute Gasteiger partial charge is 0.278 e. The zero-order valence-electron chi connectivity index (χ0n) is 9.02. The first kappa shape index (κ1) is 13.3. The van der Waals surface area contributed by atoms with Crippen LogP contribution in [0, 0.1) is 3.57 Å². The summed E-state index contributed by atoms with van der Waals surface area (Å²) < 4.78 is 1.94. The zero-order chi connectivity index (χ0) is 13.1. The van der Waals surface area contributed by atoms with Crippen molar-refractivity contribution < 1.29 is 9.90 Å². The van der Waals surface area contributed by atoms with Crippen LogP contribution < -0.4 is 5.32 Å². The molecule has 92 valence electrons. The number of nitrogens with one attached hydrogen (secondary N) is 1. The summed E-state index contributed by atoms with van der Waals surface area (Å²) >= 11 is 5.53. The Hall–Kier alpha value is -1.15. The normalized spacial score (nSPS) is 10.1. The molecule has 0 radical (unpaired) electrons. The number of amides is 1. The lowest BCUT2D eigenvalue weighted by atomic mass is 10.3. The Morgan fingerprint density at radius 3 is 2.83 bits per heavy atom. The fourth-order valence-electron chi connectivity index (χ4n) is 1.34. The number of nitrogens with zero attached hydrogens (tertiary/aromatic N) is 1. The highest BCUT2D eigenvalue weighted by Gasteiger charge is 2.12. The molecule has 0 saturated carbocycles. The summed E-state index contributed by atoms with van der Waals surface area (Å²) in [7, 11) is 0. The SMILES string of the molecule is O=C(Nc1ccc(Br)c(I)c1)c1ncccc1O. The van der Waals surface area contributed by atoms with Gasteiger partial charge in [-0.2, -0.15) is 0 Å². The Morgan fingerprint density at radius 1 is 1.39 bits per heavy atom. The third-order valence-corrected chi connectivity index (χ3v) is 4.50. The van der Waals surface area contributed by atoms with Crippen LogP contribution in [0.4, 0.5) is 5.69 Å². The molecule has 0 fully saturated rings. The molecule has 0 unspecified atom stereocenters. The monoisotopic (exact) mass is 418 g/mol. The molecule has 6 heteroatoms. The summed E-state index contributed by atoms with van der Waals surface area (Å²) in [6, 6.07) is 8.42. The van der Waals surface area contributed by atoms with Crippen molar-refractivity contribution in [3.8, 4) is 5.75 Å². The number of carbonyl (C=O) groups excluding carboxylic acids is 1. The summed E-state index contributed by atoms with van der Waals surface area (Å²) in [4.78, 5) is 15.7. The van der Waals surface area contributed by atoms with Gasteiger partial charge in [-0.15, -0.1) is 0 Å². The van der Waals surface area contributed by atoms with Gasteiger partial charge in [0, 0.05) is 19.9 Å². The molecular formula is C12H8BrIN2O2. The van der Waals surface area contributed by atoms with Crippen molar-refractivity contribution in [2.24, 2.45) is 0 Å². The molecule has 1 heterocycles. The molecule has 0 aliphatic heterocycles. The molecule has 2 rings (SSSR count). The predicted octanol–water partition coefficient (Wildman–Crippen LogP) is 3.41. The van der Waals surface area contributed by atoms with Gasteiger partial charge in [-0.3, -0.25) is 4.79 Å². The number of pyridine rings is 1. The van der Waals surface area contributed by atoms with Crippen LogP contribution in [0.3, 0.4) is 0 Å². The minimum Gasteiger partial charge on any atom is -0.505 e. The van der Waals surface area contributed by atoms with Crippen LogP contribution >= 0.6 is 38.5 Å². The molecule has 2 aromatic rings. The largest absolute Gasteiger partial charge is 0.505 e. The van der Waals surface area contributed by atoms with Crippen molar-refractivity contribution in [1.29, 1.82) is 0 Å². The lowest BCUT2D eigenvalue weighted by Gasteiger charge is -2.06. The molecule has 0 saturated heterocycles. The molecule has 0 bridgehead atoms. The van der Waals surface area contributed by atoms with Gasteiger partial charge in [-0.1, -0.05) is 0 Å². The molecule has 1 aromatic carbocycles. The predicted molar refractivity (Wildman–Crippen MR) is 80.7 cm³/mol. The van der Waals surface area contributed by atoms with Gasteiger partial charge in [0.15, 0.2) is 5.69 Å². The van der Waals surface area contributed by atoms with Crippen LogP contribution in [-0.4, -0.2) is 16.0 Å². The average Bonchev–Trinajstić information content (AvgIpc) is 2.34. The zero-order valence-corrected chi connectivity index (χ0v) is 12.8. The summed E-state index contributed by atoms with van der Waals surface area (Å²) in [5, 5.41) is 12.2. The van der Waals surface area contributed by atoms with E-state index in [1.807, 2.05) is 12.1 Å². The molecule has 0 atom stereocenters. The first-order valence-electron chi connectivity index (χ1n) is 4.98. The van der Waals surface area contributed by atoms with E-state index in [1.54, 1.807) is 12.1 Å². The summed E-state index contributed by atoms with van der Waals surface area (Å²) in [6.45, 7) is 0. The summed E-state index contributed by atoms with van der Waals surface area (Å²) in [6.07, 6.45) is 1.46. The van der Waals surface area contributed by atoms with Crippen LogP contribution in [0.5, 0.6) is 5.75 Å². The van der Waals surface area contributed by atoms with Crippen molar-refractivity contribution in [2.45, 2.75) is 0 Å². The third kappa shape index (κ3) is 2.99. The minimum absolute atomic E-state index is 0.00965. The quantitative estimate of drug-likeness (QED) is 0.734. The maximum Gasteiger partial charge on any atom is 0.278 e. The van der Waals surface area contributed by atoms with E-state index in [4.69, 9.17) is 0 Å². The van der Waals surface area contributed by atoms with E-state index >= 15 is 0 Å². The number of benzene rings is 1. The molecule has 1 amide bonds. The molecule has 4 nitrogen and oxygen atoms in total. The Morgan fingerprint density at radius 2 is 2.17 bits per heavy atom. The van der Waals surface area contributed by atoms with Gasteiger partial charge in [-0.25, -0.2) is 4.98 Å². The Labute approximate surface area is 126 Å². The standard InChI is InChI=1S/C12H8BrIN2O2/c13-8-4-3-7(6-9(8)14)16-12(18)11-10(17)2-1-5-15-11/h1-6,17H,(H,16,18). The van der Waals surface area contributed by atoms with Gasteiger partial charge in [-0.05, 0) is 68.9 Å². The van der Waals surface area contributed by atoms with Crippen molar-refractivity contribution in [3.63, 3.8) is 0 Å². The maximum absolute atomic E-state index is 11.9. The number of carbonyl (C=O) groups is 1. The second-order valence-corrected chi connectivity index (χ2v) is 5.47. The molecule has 2 N–H and O–H groups in total. The van der Waals surface area contributed by atoms with Gasteiger partial charge in [0.05, 0.1) is 0 Å². The summed E-state index contributed by atoms with van der Waals surface area (Å²) in [5.41, 5.74) is 0.660. The van der Waals surface area contributed by atoms with E-state index in [1.165, 1.54) is 12.3 Å². The minimum atomic E-state index is -0.439. The molecule has 0 aliphatic carbocycles. The van der Waals surface area contributed by atoms with Gasteiger partial charge >= 0.3 is 0 Å². The lowest BCUT2D eigenvalue weighted by molar-refractivity contribution is 0.101. The summed E-state index contributed by atoms with van der Waals surface area (Å²) in [5.74, 6) is -0.576. The Kier molecular flexibility index (Phi) is 4.18. The van der Waals surface area contributed by atoms with E-state index in [9.17, 15) is 9.90 Å². The molecule has 0 spiro atoms.